The van der Waals surface area contributed by atoms with Crippen LogP contribution in [0.5, 0.6) is 0 Å². The highest BCUT2D eigenvalue weighted by Gasteiger charge is 2.35. The van der Waals surface area contributed by atoms with Crippen LogP contribution in [0.15, 0.2) is 48.8 Å². The molecule has 120 valence electrons. The molecule has 1 aromatic heterocycles. The van der Waals surface area contributed by atoms with Crippen molar-refractivity contribution in [1.82, 2.24) is 10.3 Å². The standard InChI is InChI=1S/C17H19N3O3/c21-11-17(7-10-23-12-17)20-16(22)19-15-4-2-1-3-14(15)13-5-8-18-9-6-13/h1-6,8-9,21H,7,10-12H2,(H2,19,20,22). The number of ether oxygens (including phenoxy) is 1. The maximum absolute atomic E-state index is 12.3. The Hall–Kier alpha value is -2.44. The summed E-state index contributed by atoms with van der Waals surface area (Å²) in [7, 11) is 0. The summed E-state index contributed by atoms with van der Waals surface area (Å²) in [5, 5.41) is 15.2. The van der Waals surface area contributed by atoms with Crippen LogP contribution in [0.25, 0.3) is 11.1 Å². The molecule has 1 atom stereocenters. The van der Waals surface area contributed by atoms with Crippen LogP contribution >= 0.6 is 0 Å². The van der Waals surface area contributed by atoms with Crippen molar-refractivity contribution in [3.63, 3.8) is 0 Å². The molecular formula is C17H19N3O3. The van der Waals surface area contributed by atoms with Gasteiger partial charge in [-0.05, 0) is 30.2 Å². The second-order valence-corrected chi connectivity index (χ2v) is 5.60. The molecule has 0 saturated carbocycles. The average molecular weight is 313 g/mol. The quantitative estimate of drug-likeness (QED) is 0.806. The summed E-state index contributed by atoms with van der Waals surface area (Å²) in [5.74, 6) is 0. The summed E-state index contributed by atoms with van der Waals surface area (Å²) in [6, 6.07) is 11.0. The molecule has 1 unspecified atom stereocenters. The largest absolute Gasteiger partial charge is 0.394 e. The van der Waals surface area contributed by atoms with Crippen LogP contribution in [0.4, 0.5) is 10.5 Å². The molecule has 23 heavy (non-hydrogen) atoms. The molecule has 2 amide bonds. The fraction of sp³-hybridized carbons (Fsp3) is 0.294. The Bertz CT molecular complexity index is 670. The average Bonchev–Trinajstić information content (AvgIpc) is 3.05. The Morgan fingerprint density at radius 3 is 2.74 bits per heavy atom. The van der Waals surface area contributed by atoms with Crippen molar-refractivity contribution in [3.05, 3.63) is 48.8 Å². The van der Waals surface area contributed by atoms with Crippen LogP contribution in [0.1, 0.15) is 6.42 Å². The first-order valence-electron chi connectivity index (χ1n) is 7.50. The van der Waals surface area contributed by atoms with E-state index in [1.807, 2.05) is 36.4 Å². The van der Waals surface area contributed by atoms with E-state index in [1.165, 1.54) is 0 Å². The van der Waals surface area contributed by atoms with Gasteiger partial charge in [0.25, 0.3) is 0 Å². The number of hydrogen-bond donors (Lipinski definition) is 3. The number of pyridine rings is 1. The van der Waals surface area contributed by atoms with Gasteiger partial charge in [0.2, 0.25) is 0 Å². The molecule has 2 aromatic rings. The first kappa shape index (κ1) is 15.5. The van der Waals surface area contributed by atoms with Crippen LogP contribution < -0.4 is 10.6 Å². The van der Waals surface area contributed by atoms with Gasteiger partial charge in [-0.3, -0.25) is 4.98 Å². The highest BCUT2D eigenvalue weighted by molar-refractivity contribution is 5.94. The van der Waals surface area contributed by atoms with E-state index in [1.54, 1.807) is 12.4 Å². The van der Waals surface area contributed by atoms with Gasteiger partial charge >= 0.3 is 6.03 Å². The Morgan fingerprint density at radius 2 is 2.04 bits per heavy atom. The van der Waals surface area contributed by atoms with Crippen molar-refractivity contribution in [3.8, 4) is 11.1 Å². The van der Waals surface area contributed by atoms with E-state index in [0.29, 0.717) is 25.3 Å². The van der Waals surface area contributed by atoms with E-state index >= 15 is 0 Å². The van der Waals surface area contributed by atoms with Crippen molar-refractivity contribution in [2.24, 2.45) is 0 Å². The Morgan fingerprint density at radius 1 is 1.26 bits per heavy atom. The van der Waals surface area contributed by atoms with Gasteiger partial charge in [-0.15, -0.1) is 0 Å². The van der Waals surface area contributed by atoms with Gasteiger partial charge in [-0.25, -0.2) is 4.79 Å². The maximum atomic E-state index is 12.3. The van der Waals surface area contributed by atoms with Gasteiger partial charge in [-0.2, -0.15) is 0 Å². The number of aromatic nitrogens is 1. The maximum Gasteiger partial charge on any atom is 0.319 e. The number of rotatable bonds is 4. The molecular weight excluding hydrogens is 294 g/mol. The van der Waals surface area contributed by atoms with Crippen LogP contribution in [0, 0.1) is 0 Å². The van der Waals surface area contributed by atoms with Gasteiger partial charge in [0.1, 0.15) is 0 Å². The van der Waals surface area contributed by atoms with Crippen LogP contribution in [-0.4, -0.2) is 41.5 Å². The normalized spacial score (nSPS) is 20.2. The third-order valence-corrected chi connectivity index (χ3v) is 3.95. The first-order chi connectivity index (χ1) is 11.2. The molecule has 6 heteroatoms. The van der Waals surface area contributed by atoms with E-state index in [0.717, 1.165) is 11.1 Å². The lowest BCUT2D eigenvalue weighted by molar-refractivity contribution is 0.126. The molecule has 1 aliphatic rings. The third-order valence-electron chi connectivity index (χ3n) is 3.95. The minimum absolute atomic E-state index is 0.146. The van der Waals surface area contributed by atoms with E-state index in [4.69, 9.17) is 4.74 Å². The first-order valence-corrected chi connectivity index (χ1v) is 7.50. The Labute approximate surface area is 134 Å². The van der Waals surface area contributed by atoms with E-state index in [-0.39, 0.29) is 12.6 Å². The summed E-state index contributed by atoms with van der Waals surface area (Å²) in [5.41, 5.74) is 1.88. The molecule has 2 heterocycles. The zero-order chi connectivity index (χ0) is 16.1. The molecule has 6 nitrogen and oxygen atoms in total. The van der Waals surface area contributed by atoms with Crippen molar-refractivity contribution in [2.45, 2.75) is 12.0 Å². The number of nitrogens with zero attached hydrogens (tertiary/aromatic N) is 1. The predicted molar refractivity (Wildman–Crippen MR) is 87.1 cm³/mol. The molecule has 3 rings (SSSR count). The van der Waals surface area contributed by atoms with Crippen molar-refractivity contribution in [1.29, 1.82) is 0 Å². The molecule has 1 aliphatic heterocycles. The zero-order valence-electron chi connectivity index (χ0n) is 12.7. The second kappa shape index (κ2) is 6.76. The smallest absolute Gasteiger partial charge is 0.319 e. The van der Waals surface area contributed by atoms with Crippen LogP contribution in [0.2, 0.25) is 0 Å². The molecule has 0 bridgehead atoms. The summed E-state index contributed by atoms with van der Waals surface area (Å²) in [6.45, 7) is 0.712. The number of aliphatic hydroxyl groups excluding tert-OH is 1. The number of aliphatic hydroxyl groups is 1. The minimum atomic E-state index is -0.699. The third kappa shape index (κ3) is 3.49. The van der Waals surface area contributed by atoms with Crippen molar-refractivity contribution < 1.29 is 14.6 Å². The second-order valence-electron chi connectivity index (χ2n) is 5.60. The fourth-order valence-electron chi connectivity index (χ4n) is 2.64. The number of hydrogen-bond acceptors (Lipinski definition) is 4. The molecule has 0 spiro atoms. The van der Waals surface area contributed by atoms with Crippen molar-refractivity contribution >= 4 is 11.7 Å². The van der Waals surface area contributed by atoms with Gasteiger partial charge in [-0.1, -0.05) is 18.2 Å². The molecule has 1 fully saturated rings. The number of para-hydroxylation sites is 1. The fourth-order valence-corrected chi connectivity index (χ4v) is 2.64. The van der Waals surface area contributed by atoms with E-state index in [2.05, 4.69) is 15.6 Å². The molecule has 1 saturated heterocycles. The number of anilines is 1. The lowest BCUT2D eigenvalue weighted by Crippen LogP contribution is -2.53. The summed E-state index contributed by atoms with van der Waals surface area (Å²) >= 11 is 0. The number of nitrogens with one attached hydrogen (secondary N) is 2. The molecule has 0 radical (unpaired) electrons. The lowest BCUT2D eigenvalue weighted by atomic mass is 10.0. The number of carbonyl (C=O) groups is 1. The van der Waals surface area contributed by atoms with Crippen LogP contribution in [0.3, 0.4) is 0 Å². The number of benzene rings is 1. The zero-order valence-corrected chi connectivity index (χ0v) is 12.7. The van der Waals surface area contributed by atoms with Gasteiger partial charge in [0.05, 0.1) is 24.4 Å². The van der Waals surface area contributed by atoms with Gasteiger partial charge in [0, 0.05) is 24.6 Å². The van der Waals surface area contributed by atoms with Gasteiger partial charge < -0.3 is 20.5 Å². The molecule has 3 N–H and O–H groups in total. The lowest BCUT2D eigenvalue weighted by Gasteiger charge is -2.26. The number of urea groups is 1. The number of carbonyl (C=O) groups excluding carboxylic acids is 1. The highest BCUT2D eigenvalue weighted by atomic mass is 16.5. The number of amides is 2. The van der Waals surface area contributed by atoms with E-state index in [9.17, 15) is 9.90 Å². The van der Waals surface area contributed by atoms with Crippen LogP contribution in [-0.2, 0) is 4.74 Å². The van der Waals surface area contributed by atoms with E-state index < -0.39 is 5.54 Å². The predicted octanol–water partition coefficient (Wildman–Crippen LogP) is 2.02. The SMILES string of the molecule is O=C(Nc1ccccc1-c1ccncc1)NC1(CO)CCOC1. The Kier molecular flexibility index (Phi) is 4.55. The summed E-state index contributed by atoms with van der Waals surface area (Å²) < 4.78 is 5.29. The Balaban J connectivity index is 1.77. The molecule has 0 aliphatic carbocycles. The van der Waals surface area contributed by atoms with Crippen molar-refractivity contribution in [2.75, 3.05) is 25.1 Å². The summed E-state index contributed by atoms with van der Waals surface area (Å²) in [6.07, 6.45) is 4.02. The summed E-state index contributed by atoms with van der Waals surface area (Å²) in [4.78, 5) is 16.3. The van der Waals surface area contributed by atoms with Gasteiger partial charge in [0.15, 0.2) is 0 Å². The highest BCUT2D eigenvalue weighted by Crippen LogP contribution is 2.27. The minimum Gasteiger partial charge on any atom is -0.394 e. The topological polar surface area (TPSA) is 83.5 Å². The molecule has 1 aromatic carbocycles. The monoisotopic (exact) mass is 313 g/mol.